The quantitative estimate of drug-likeness (QED) is 0.331. The lowest BCUT2D eigenvalue weighted by molar-refractivity contribution is 0.325. The van der Waals surface area contributed by atoms with E-state index < -0.39 is 10.0 Å². The van der Waals surface area contributed by atoms with Crippen LogP contribution in [0.1, 0.15) is 18.2 Å². The second-order valence-electron chi connectivity index (χ2n) is 9.86. The molecule has 3 heterocycles. The summed E-state index contributed by atoms with van der Waals surface area (Å²) in [6.45, 7) is 7.24. The highest BCUT2D eigenvalue weighted by atomic mass is 32.2. The first-order valence-electron chi connectivity index (χ1n) is 12.2. The van der Waals surface area contributed by atoms with Gasteiger partial charge in [-0.1, -0.05) is 48.6 Å². The second-order valence-corrected chi connectivity index (χ2v) is 11.7. The molecular formula is C28H32N6O2S. The Balaban J connectivity index is 1.57. The maximum absolute atomic E-state index is 13.8. The first-order valence-corrected chi connectivity index (χ1v) is 13.7. The van der Waals surface area contributed by atoms with Crippen LogP contribution in [0.2, 0.25) is 0 Å². The fourth-order valence-corrected chi connectivity index (χ4v) is 6.59. The van der Waals surface area contributed by atoms with Crippen LogP contribution in [0.15, 0.2) is 90.8 Å². The van der Waals surface area contributed by atoms with Gasteiger partial charge in [0.25, 0.3) is 10.0 Å². The number of anilines is 1. The molecule has 0 bridgehead atoms. The SMILES string of the molecule is C=C(C)CN(C1Cc2cc(-c3ccccc3)ccc2N(Cc2cn(C)cn2)C1)S(=O)(=O)c1cn(C)cn1. The highest BCUT2D eigenvalue weighted by molar-refractivity contribution is 7.89. The minimum Gasteiger partial charge on any atom is -0.364 e. The standard InChI is InChI=1S/C28H32N6O2S/c1-21(2)14-34(37(35,36)28-18-32(4)20-30-28)26-13-24-12-23(22-8-6-5-7-9-22)10-11-27(24)33(17-26)16-25-15-31(3)19-29-25/h5-12,15,18-20,26H,1,13-14,16-17H2,2-4H3. The number of nitrogens with zero attached hydrogens (tertiary/aromatic N) is 6. The first-order chi connectivity index (χ1) is 17.7. The third-order valence-electron chi connectivity index (χ3n) is 6.61. The van der Waals surface area contributed by atoms with Crippen LogP contribution in [0.4, 0.5) is 5.69 Å². The van der Waals surface area contributed by atoms with E-state index in [9.17, 15) is 8.42 Å². The number of benzene rings is 2. The van der Waals surface area contributed by atoms with Gasteiger partial charge >= 0.3 is 0 Å². The van der Waals surface area contributed by atoms with E-state index in [1.807, 2.05) is 42.9 Å². The second kappa shape index (κ2) is 9.99. The van der Waals surface area contributed by atoms with Gasteiger partial charge < -0.3 is 14.0 Å². The van der Waals surface area contributed by atoms with Crippen molar-refractivity contribution in [3.8, 4) is 11.1 Å². The molecule has 2 aromatic carbocycles. The Morgan fingerprint density at radius 2 is 1.76 bits per heavy atom. The van der Waals surface area contributed by atoms with Gasteiger partial charge in [0, 0.05) is 51.3 Å². The summed E-state index contributed by atoms with van der Waals surface area (Å²) in [7, 11) is -0.120. The molecule has 0 fully saturated rings. The van der Waals surface area contributed by atoms with Gasteiger partial charge in [-0.2, -0.15) is 4.31 Å². The first kappa shape index (κ1) is 25.0. The molecule has 0 saturated heterocycles. The van der Waals surface area contributed by atoms with Crippen molar-refractivity contribution >= 4 is 15.7 Å². The molecule has 1 atom stereocenters. The van der Waals surface area contributed by atoms with Crippen LogP contribution >= 0.6 is 0 Å². The van der Waals surface area contributed by atoms with Crippen LogP contribution in [0, 0.1) is 0 Å². The van der Waals surface area contributed by atoms with E-state index in [2.05, 4.69) is 51.8 Å². The topological polar surface area (TPSA) is 76.3 Å². The summed E-state index contributed by atoms with van der Waals surface area (Å²) >= 11 is 0. The van der Waals surface area contributed by atoms with Crippen LogP contribution in [-0.2, 0) is 37.1 Å². The predicted molar refractivity (Wildman–Crippen MR) is 146 cm³/mol. The van der Waals surface area contributed by atoms with E-state index in [0.29, 0.717) is 19.5 Å². The number of sulfonamides is 1. The molecule has 8 nitrogen and oxygen atoms in total. The molecule has 1 aliphatic heterocycles. The minimum absolute atomic E-state index is 0.0522. The Morgan fingerprint density at radius 3 is 2.41 bits per heavy atom. The number of imidazole rings is 2. The van der Waals surface area contributed by atoms with E-state index in [0.717, 1.165) is 33.6 Å². The van der Waals surface area contributed by atoms with Gasteiger partial charge in [0.05, 0.1) is 24.9 Å². The van der Waals surface area contributed by atoms with E-state index in [1.165, 1.54) is 6.33 Å². The maximum Gasteiger partial charge on any atom is 0.262 e. The maximum atomic E-state index is 13.8. The van der Waals surface area contributed by atoms with Crippen LogP contribution in [-0.4, -0.2) is 51.0 Å². The molecule has 0 amide bonds. The van der Waals surface area contributed by atoms with Crippen molar-refractivity contribution in [1.82, 2.24) is 23.4 Å². The smallest absolute Gasteiger partial charge is 0.262 e. The van der Waals surface area contributed by atoms with Crippen LogP contribution in [0.3, 0.4) is 0 Å². The lowest BCUT2D eigenvalue weighted by atomic mass is 9.93. The zero-order valence-electron chi connectivity index (χ0n) is 21.4. The number of hydrogen-bond donors (Lipinski definition) is 0. The monoisotopic (exact) mass is 516 g/mol. The Labute approximate surface area is 218 Å². The molecule has 0 radical (unpaired) electrons. The zero-order valence-corrected chi connectivity index (χ0v) is 22.3. The normalized spacial score (nSPS) is 15.7. The molecule has 4 aromatic rings. The molecule has 9 heteroatoms. The van der Waals surface area contributed by atoms with Gasteiger partial charge in [0.15, 0.2) is 5.03 Å². The van der Waals surface area contributed by atoms with Crippen molar-refractivity contribution in [2.45, 2.75) is 31.0 Å². The van der Waals surface area contributed by atoms with Gasteiger partial charge in [-0.25, -0.2) is 18.4 Å². The molecule has 0 aliphatic carbocycles. The van der Waals surface area contributed by atoms with Gasteiger partial charge in [-0.05, 0) is 42.2 Å². The van der Waals surface area contributed by atoms with Crippen LogP contribution in [0.5, 0.6) is 0 Å². The Kier molecular flexibility index (Phi) is 6.74. The van der Waals surface area contributed by atoms with Crippen molar-refractivity contribution in [1.29, 1.82) is 0 Å². The minimum atomic E-state index is -3.84. The van der Waals surface area contributed by atoms with Crippen LogP contribution in [0.25, 0.3) is 11.1 Å². The molecule has 37 heavy (non-hydrogen) atoms. The Bertz CT molecular complexity index is 1520. The number of aryl methyl sites for hydroxylation is 2. The Morgan fingerprint density at radius 1 is 1.03 bits per heavy atom. The average Bonchev–Trinajstić information content (AvgIpc) is 3.50. The molecule has 1 unspecified atom stereocenters. The van der Waals surface area contributed by atoms with Crippen molar-refractivity contribution in [2.75, 3.05) is 18.0 Å². The summed E-state index contributed by atoms with van der Waals surface area (Å²) in [6.07, 6.45) is 7.44. The third kappa shape index (κ3) is 5.23. The summed E-state index contributed by atoms with van der Waals surface area (Å²) < 4.78 is 32.8. The lowest BCUT2D eigenvalue weighted by Crippen LogP contribution is -2.51. The van der Waals surface area contributed by atoms with Crippen molar-refractivity contribution in [3.63, 3.8) is 0 Å². The lowest BCUT2D eigenvalue weighted by Gasteiger charge is -2.40. The molecular weight excluding hydrogens is 484 g/mol. The number of hydrogen-bond acceptors (Lipinski definition) is 5. The predicted octanol–water partition coefficient (Wildman–Crippen LogP) is 4.02. The molecule has 192 valence electrons. The molecule has 2 aromatic heterocycles. The van der Waals surface area contributed by atoms with Crippen LogP contribution < -0.4 is 4.90 Å². The van der Waals surface area contributed by atoms with Gasteiger partial charge in [0.2, 0.25) is 0 Å². The van der Waals surface area contributed by atoms with E-state index in [-0.39, 0.29) is 17.6 Å². The van der Waals surface area contributed by atoms with E-state index >= 15 is 0 Å². The number of rotatable bonds is 8. The number of fused-ring (bicyclic) bond motifs is 1. The molecule has 1 aliphatic rings. The highest BCUT2D eigenvalue weighted by Crippen LogP contribution is 2.35. The molecule has 5 rings (SSSR count). The summed E-state index contributed by atoms with van der Waals surface area (Å²) in [4.78, 5) is 10.9. The fourth-order valence-electron chi connectivity index (χ4n) is 4.94. The molecule has 0 saturated carbocycles. The summed E-state index contributed by atoms with van der Waals surface area (Å²) in [5.74, 6) is 0. The van der Waals surface area contributed by atoms with Gasteiger partial charge in [-0.15, -0.1) is 0 Å². The largest absolute Gasteiger partial charge is 0.364 e. The number of aromatic nitrogens is 4. The molecule has 0 N–H and O–H groups in total. The highest BCUT2D eigenvalue weighted by Gasteiger charge is 2.37. The van der Waals surface area contributed by atoms with Crippen molar-refractivity contribution in [2.24, 2.45) is 14.1 Å². The average molecular weight is 517 g/mol. The summed E-state index contributed by atoms with van der Waals surface area (Å²) in [5, 5.41) is 0.0522. The van der Waals surface area contributed by atoms with E-state index in [4.69, 9.17) is 0 Å². The van der Waals surface area contributed by atoms with Crippen molar-refractivity contribution < 1.29 is 8.42 Å². The van der Waals surface area contributed by atoms with Gasteiger partial charge in [0.1, 0.15) is 0 Å². The van der Waals surface area contributed by atoms with E-state index in [1.54, 1.807) is 28.4 Å². The Hall–Kier alpha value is -3.69. The van der Waals surface area contributed by atoms with Crippen molar-refractivity contribution in [3.05, 3.63) is 97.0 Å². The fraction of sp³-hybridized carbons (Fsp3) is 0.286. The van der Waals surface area contributed by atoms with Gasteiger partial charge in [-0.3, -0.25) is 0 Å². The summed E-state index contributed by atoms with van der Waals surface area (Å²) in [6, 6.07) is 16.4. The zero-order chi connectivity index (χ0) is 26.2. The molecule has 0 spiro atoms. The third-order valence-corrected chi connectivity index (χ3v) is 8.40. The summed E-state index contributed by atoms with van der Waals surface area (Å²) in [5.41, 5.74) is 6.16.